The number of imidazole rings is 1. The first-order valence-electron chi connectivity index (χ1n) is 6.88. The first kappa shape index (κ1) is 12.9. The summed E-state index contributed by atoms with van der Waals surface area (Å²) in [6, 6.07) is 1.83. The lowest BCUT2D eigenvalue weighted by Crippen LogP contribution is -2.32. The van der Waals surface area contributed by atoms with Gasteiger partial charge < -0.3 is 9.47 Å². The Hall–Kier alpha value is -2.11. The minimum atomic E-state index is 0.127. The summed E-state index contributed by atoms with van der Waals surface area (Å²) >= 11 is 0. The van der Waals surface area contributed by atoms with E-state index in [2.05, 4.69) is 14.6 Å². The zero-order chi connectivity index (χ0) is 14.1. The molecule has 0 spiro atoms. The van der Waals surface area contributed by atoms with Crippen LogP contribution in [0.2, 0.25) is 0 Å². The van der Waals surface area contributed by atoms with E-state index in [-0.39, 0.29) is 5.91 Å². The van der Waals surface area contributed by atoms with Crippen LogP contribution in [0.4, 0.5) is 0 Å². The Bertz CT molecular complexity index is 601. The van der Waals surface area contributed by atoms with E-state index < -0.39 is 0 Å². The standard InChI is InChI=1S/C14H19N5O/c1-11-8-17(2)14(16-11)12-4-7-18(9-12)13(20)10-19-6-3-5-15-19/h3,5-6,8,12H,4,7,9-10H2,1-2H3. The van der Waals surface area contributed by atoms with E-state index in [0.29, 0.717) is 12.5 Å². The van der Waals surface area contributed by atoms with Gasteiger partial charge >= 0.3 is 0 Å². The van der Waals surface area contributed by atoms with Gasteiger partial charge in [0.1, 0.15) is 12.4 Å². The normalized spacial score (nSPS) is 18.7. The van der Waals surface area contributed by atoms with Crippen molar-refractivity contribution >= 4 is 5.91 Å². The molecule has 0 aliphatic carbocycles. The minimum absolute atomic E-state index is 0.127. The third kappa shape index (κ3) is 2.45. The Morgan fingerprint density at radius 1 is 1.50 bits per heavy atom. The van der Waals surface area contributed by atoms with E-state index in [9.17, 15) is 4.79 Å². The van der Waals surface area contributed by atoms with Crippen LogP contribution in [0.25, 0.3) is 0 Å². The molecule has 0 N–H and O–H groups in total. The average molecular weight is 273 g/mol. The van der Waals surface area contributed by atoms with Gasteiger partial charge in [-0.05, 0) is 19.4 Å². The predicted molar refractivity (Wildman–Crippen MR) is 74.1 cm³/mol. The molecule has 1 aliphatic rings. The monoisotopic (exact) mass is 273 g/mol. The van der Waals surface area contributed by atoms with Crippen molar-refractivity contribution in [2.45, 2.75) is 25.8 Å². The van der Waals surface area contributed by atoms with Crippen LogP contribution in [0.15, 0.2) is 24.7 Å². The molecule has 1 unspecified atom stereocenters. The molecule has 0 bridgehead atoms. The van der Waals surface area contributed by atoms with Crippen LogP contribution in [-0.2, 0) is 18.4 Å². The number of aryl methyl sites for hydroxylation is 2. The first-order valence-corrected chi connectivity index (χ1v) is 6.88. The Morgan fingerprint density at radius 2 is 2.35 bits per heavy atom. The topological polar surface area (TPSA) is 56.0 Å². The summed E-state index contributed by atoms with van der Waals surface area (Å²) < 4.78 is 3.74. The number of amides is 1. The summed E-state index contributed by atoms with van der Waals surface area (Å²) in [6.07, 6.45) is 6.52. The third-order valence-corrected chi connectivity index (χ3v) is 3.80. The molecule has 0 aromatic carbocycles. The number of nitrogens with zero attached hydrogens (tertiary/aromatic N) is 5. The fraction of sp³-hybridized carbons (Fsp3) is 0.500. The van der Waals surface area contributed by atoms with E-state index in [1.165, 1.54) is 0 Å². The zero-order valence-corrected chi connectivity index (χ0v) is 11.9. The molecule has 1 atom stereocenters. The van der Waals surface area contributed by atoms with Gasteiger partial charge in [0.25, 0.3) is 0 Å². The van der Waals surface area contributed by atoms with Crippen molar-refractivity contribution in [1.82, 2.24) is 24.2 Å². The first-order chi connectivity index (χ1) is 9.63. The molecule has 1 aliphatic heterocycles. The number of hydrogen-bond acceptors (Lipinski definition) is 3. The molecular weight excluding hydrogens is 254 g/mol. The quantitative estimate of drug-likeness (QED) is 0.836. The van der Waals surface area contributed by atoms with Crippen LogP contribution >= 0.6 is 0 Å². The molecular formula is C14H19N5O. The molecule has 0 saturated carbocycles. The Kier molecular flexibility index (Phi) is 3.30. The van der Waals surface area contributed by atoms with Gasteiger partial charge in [0.2, 0.25) is 5.91 Å². The second-order valence-corrected chi connectivity index (χ2v) is 5.38. The smallest absolute Gasteiger partial charge is 0.244 e. The van der Waals surface area contributed by atoms with E-state index in [1.54, 1.807) is 10.9 Å². The average Bonchev–Trinajstić information content (AvgIpc) is 3.10. The van der Waals surface area contributed by atoms with Crippen molar-refractivity contribution in [1.29, 1.82) is 0 Å². The fourth-order valence-electron chi connectivity index (χ4n) is 2.84. The van der Waals surface area contributed by atoms with Gasteiger partial charge in [-0.25, -0.2) is 4.98 Å². The molecule has 20 heavy (non-hydrogen) atoms. The van der Waals surface area contributed by atoms with Gasteiger partial charge in [-0.2, -0.15) is 5.10 Å². The number of rotatable bonds is 3. The van der Waals surface area contributed by atoms with Crippen LogP contribution in [0.1, 0.15) is 23.9 Å². The molecule has 3 rings (SSSR count). The molecule has 106 valence electrons. The lowest BCUT2D eigenvalue weighted by Gasteiger charge is -2.16. The number of carbonyl (C=O) groups is 1. The van der Waals surface area contributed by atoms with Crippen molar-refractivity contribution in [3.8, 4) is 0 Å². The van der Waals surface area contributed by atoms with Crippen LogP contribution in [0.3, 0.4) is 0 Å². The summed E-state index contributed by atoms with van der Waals surface area (Å²) in [6.45, 7) is 3.87. The zero-order valence-electron chi connectivity index (χ0n) is 11.9. The molecule has 2 aromatic heterocycles. The highest BCUT2D eigenvalue weighted by molar-refractivity contribution is 5.76. The minimum Gasteiger partial charge on any atom is -0.340 e. The summed E-state index contributed by atoms with van der Waals surface area (Å²) in [5, 5.41) is 4.07. The van der Waals surface area contributed by atoms with Gasteiger partial charge in [-0.1, -0.05) is 0 Å². The predicted octanol–water partition coefficient (Wildman–Crippen LogP) is 0.941. The highest BCUT2D eigenvalue weighted by Gasteiger charge is 2.29. The van der Waals surface area contributed by atoms with Crippen molar-refractivity contribution in [3.05, 3.63) is 36.2 Å². The fourth-order valence-corrected chi connectivity index (χ4v) is 2.84. The molecule has 0 radical (unpaired) electrons. The maximum absolute atomic E-state index is 12.2. The van der Waals surface area contributed by atoms with Crippen LogP contribution in [0, 0.1) is 6.92 Å². The van der Waals surface area contributed by atoms with Gasteiger partial charge in [-0.15, -0.1) is 0 Å². The van der Waals surface area contributed by atoms with E-state index >= 15 is 0 Å². The Balaban J connectivity index is 1.64. The number of aromatic nitrogens is 4. The third-order valence-electron chi connectivity index (χ3n) is 3.80. The van der Waals surface area contributed by atoms with Crippen LogP contribution in [-0.4, -0.2) is 43.2 Å². The van der Waals surface area contributed by atoms with Crippen LogP contribution in [0.5, 0.6) is 0 Å². The molecule has 6 nitrogen and oxygen atoms in total. The van der Waals surface area contributed by atoms with Gasteiger partial charge in [0.05, 0.1) is 5.69 Å². The molecule has 3 heterocycles. The van der Waals surface area contributed by atoms with Crippen LogP contribution < -0.4 is 0 Å². The van der Waals surface area contributed by atoms with Crippen molar-refractivity contribution in [3.63, 3.8) is 0 Å². The molecule has 1 fully saturated rings. The maximum Gasteiger partial charge on any atom is 0.244 e. The molecule has 2 aromatic rings. The number of likely N-dealkylation sites (tertiary alicyclic amines) is 1. The van der Waals surface area contributed by atoms with E-state index in [1.807, 2.05) is 37.3 Å². The van der Waals surface area contributed by atoms with Crippen molar-refractivity contribution in [2.75, 3.05) is 13.1 Å². The summed E-state index contributed by atoms with van der Waals surface area (Å²) in [5.74, 6) is 1.55. The second-order valence-electron chi connectivity index (χ2n) is 5.38. The molecule has 1 amide bonds. The summed E-state index contributed by atoms with van der Waals surface area (Å²) in [5.41, 5.74) is 1.03. The second kappa shape index (κ2) is 5.11. The number of hydrogen-bond donors (Lipinski definition) is 0. The summed E-state index contributed by atoms with van der Waals surface area (Å²) in [4.78, 5) is 18.7. The Morgan fingerprint density at radius 3 is 3.00 bits per heavy atom. The lowest BCUT2D eigenvalue weighted by atomic mass is 10.1. The van der Waals surface area contributed by atoms with Gasteiger partial charge in [0, 0.05) is 44.6 Å². The largest absolute Gasteiger partial charge is 0.340 e. The molecule has 6 heteroatoms. The summed E-state index contributed by atoms with van der Waals surface area (Å²) in [7, 11) is 2.02. The van der Waals surface area contributed by atoms with Gasteiger partial charge in [0.15, 0.2) is 0 Å². The highest BCUT2D eigenvalue weighted by atomic mass is 16.2. The highest BCUT2D eigenvalue weighted by Crippen LogP contribution is 2.26. The lowest BCUT2D eigenvalue weighted by molar-refractivity contribution is -0.131. The van der Waals surface area contributed by atoms with Gasteiger partial charge in [-0.3, -0.25) is 9.48 Å². The Labute approximate surface area is 118 Å². The maximum atomic E-state index is 12.2. The van der Waals surface area contributed by atoms with Crippen molar-refractivity contribution < 1.29 is 4.79 Å². The molecule has 1 saturated heterocycles. The number of carbonyl (C=O) groups excluding carboxylic acids is 1. The van der Waals surface area contributed by atoms with E-state index in [0.717, 1.165) is 31.0 Å². The SMILES string of the molecule is Cc1cn(C)c(C2CCN(C(=O)Cn3cccn3)C2)n1. The van der Waals surface area contributed by atoms with E-state index in [4.69, 9.17) is 0 Å². The van der Waals surface area contributed by atoms with Crippen molar-refractivity contribution in [2.24, 2.45) is 7.05 Å².